The van der Waals surface area contributed by atoms with Gasteiger partial charge in [-0.05, 0) is 32.6 Å². The highest BCUT2D eigenvalue weighted by molar-refractivity contribution is 7.09. The van der Waals surface area contributed by atoms with Gasteiger partial charge in [-0.3, -0.25) is 0 Å². The van der Waals surface area contributed by atoms with Crippen LogP contribution in [-0.2, 0) is 11.2 Å². The molecule has 0 aromatic carbocycles. The van der Waals surface area contributed by atoms with Crippen LogP contribution in [0.15, 0.2) is 5.38 Å². The summed E-state index contributed by atoms with van der Waals surface area (Å²) in [5.74, 6) is 0. The van der Waals surface area contributed by atoms with E-state index in [0.717, 1.165) is 25.1 Å². The van der Waals surface area contributed by atoms with Crippen LogP contribution < -0.4 is 5.32 Å². The molecule has 2 unspecified atom stereocenters. The zero-order chi connectivity index (χ0) is 12.1. The smallest absolute Gasteiger partial charge is 0.0940 e. The van der Waals surface area contributed by atoms with Crippen molar-refractivity contribution in [1.29, 1.82) is 0 Å². The van der Waals surface area contributed by atoms with E-state index in [0.29, 0.717) is 12.1 Å². The first-order valence-corrected chi connectivity index (χ1v) is 7.33. The van der Waals surface area contributed by atoms with Crippen molar-refractivity contribution in [3.05, 3.63) is 16.1 Å². The van der Waals surface area contributed by atoms with Crippen LogP contribution in [0.3, 0.4) is 0 Å². The summed E-state index contributed by atoms with van der Waals surface area (Å²) in [4.78, 5) is 4.48. The third kappa shape index (κ3) is 4.05. The van der Waals surface area contributed by atoms with Gasteiger partial charge in [-0.2, -0.15) is 0 Å². The van der Waals surface area contributed by atoms with Crippen LogP contribution in [0.1, 0.15) is 36.4 Å². The quantitative estimate of drug-likeness (QED) is 0.877. The topological polar surface area (TPSA) is 34.1 Å². The fraction of sp³-hybridized carbons (Fsp3) is 0.769. The van der Waals surface area contributed by atoms with E-state index in [1.165, 1.54) is 24.3 Å². The van der Waals surface area contributed by atoms with E-state index in [2.05, 4.69) is 22.6 Å². The van der Waals surface area contributed by atoms with E-state index in [1.54, 1.807) is 11.3 Å². The normalized spacial score (nSPS) is 25.1. The van der Waals surface area contributed by atoms with E-state index in [9.17, 15) is 0 Å². The molecule has 0 spiro atoms. The summed E-state index contributed by atoms with van der Waals surface area (Å²) in [6.07, 6.45) is 6.47. The number of rotatable bonds is 5. The third-order valence-corrected chi connectivity index (χ3v) is 4.42. The minimum absolute atomic E-state index is 0.461. The Morgan fingerprint density at radius 2 is 2.41 bits per heavy atom. The Labute approximate surface area is 108 Å². The maximum absolute atomic E-state index is 5.44. The van der Waals surface area contributed by atoms with Crippen molar-refractivity contribution in [2.24, 2.45) is 0 Å². The number of methoxy groups -OCH3 is 1. The van der Waals surface area contributed by atoms with Crippen molar-refractivity contribution in [3.63, 3.8) is 0 Å². The Hall–Kier alpha value is -0.450. The summed E-state index contributed by atoms with van der Waals surface area (Å²) in [5, 5.41) is 7.00. The van der Waals surface area contributed by atoms with Gasteiger partial charge in [-0.25, -0.2) is 4.98 Å². The standard InChI is InChI=1S/C13H22N2OS/c1-10-9-17-13(15-10)6-7-14-11-4-3-5-12(8-11)16-2/h9,11-12,14H,3-8H2,1-2H3. The van der Waals surface area contributed by atoms with Gasteiger partial charge in [-0.1, -0.05) is 0 Å². The minimum Gasteiger partial charge on any atom is -0.381 e. The highest BCUT2D eigenvalue weighted by Gasteiger charge is 2.20. The Bertz CT molecular complexity index is 340. The first-order chi connectivity index (χ1) is 8.28. The predicted molar refractivity (Wildman–Crippen MR) is 71.6 cm³/mol. The Morgan fingerprint density at radius 3 is 3.12 bits per heavy atom. The average Bonchev–Trinajstić information content (AvgIpc) is 2.75. The van der Waals surface area contributed by atoms with Crippen molar-refractivity contribution >= 4 is 11.3 Å². The second kappa shape index (κ2) is 6.47. The fourth-order valence-corrected chi connectivity index (χ4v) is 3.22. The minimum atomic E-state index is 0.461. The van der Waals surface area contributed by atoms with Crippen molar-refractivity contribution in [2.45, 2.75) is 51.2 Å². The molecule has 3 nitrogen and oxygen atoms in total. The number of aryl methyl sites for hydroxylation is 1. The van der Waals surface area contributed by atoms with E-state index >= 15 is 0 Å². The lowest BCUT2D eigenvalue weighted by Crippen LogP contribution is -2.37. The zero-order valence-electron chi connectivity index (χ0n) is 10.7. The first kappa shape index (κ1) is 13.0. The van der Waals surface area contributed by atoms with Gasteiger partial charge < -0.3 is 10.1 Å². The molecule has 0 saturated heterocycles. The van der Waals surface area contributed by atoms with Gasteiger partial charge in [0.15, 0.2) is 0 Å². The largest absolute Gasteiger partial charge is 0.381 e. The van der Waals surface area contributed by atoms with Gasteiger partial charge in [0.2, 0.25) is 0 Å². The molecule has 0 radical (unpaired) electrons. The highest BCUT2D eigenvalue weighted by Crippen LogP contribution is 2.20. The van der Waals surface area contributed by atoms with E-state index in [-0.39, 0.29) is 0 Å². The van der Waals surface area contributed by atoms with Crippen LogP contribution in [-0.4, -0.2) is 30.8 Å². The monoisotopic (exact) mass is 254 g/mol. The molecule has 1 N–H and O–H groups in total. The Morgan fingerprint density at radius 1 is 1.53 bits per heavy atom. The molecule has 0 bridgehead atoms. The molecule has 1 heterocycles. The van der Waals surface area contributed by atoms with Crippen LogP contribution >= 0.6 is 11.3 Å². The third-order valence-electron chi connectivity index (χ3n) is 3.40. The maximum atomic E-state index is 5.44. The zero-order valence-corrected chi connectivity index (χ0v) is 11.6. The van der Waals surface area contributed by atoms with Gasteiger partial charge in [-0.15, -0.1) is 11.3 Å². The molecule has 1 fully saturated rings. The van der Waals surface area contributed by atoms with Crippen molar-refractivity contribution in [1.82, 2.24) is 10.3 Å². The van der Waals surface area contributed by atoms with Crippen LogP contribution in [0.5, 0.6) is 0 Å². The molecular formula is C13H22N2OS. The molecule has 1 saturated carbocycles. The van der Waals surface area contributed by atoms with Crippen molar-refractivity contribution in [2.75, 3.05) is 13.7 Å². The molecule has 17 heavy (non-hydrogen) atoms. The van der Waals surface area contributed by atoms with Gasteiger partial charge in [0.05, 0.1) is 11.1 Å². The molecule has 0 aliphatic heterocycles. The summed E-state index contributed by atoms with van der Waals surface area (Å²) < 4.78 is 5.44. The number of ether oxygens (including phenoxy) is 1. The highest BCUT2D eigenvalue weighted by atomic mass is 32.1. The van der Waals surface area contributed by atoms with Gasteiger partial charge in [0, 0.05) is 37.2 Å². The molecule has 1 aromatic rings. The predicted octanol–water partition coefficient (Wildman–Crippen LogP) is 2.54. The summed E-state index contributed by atoms with van der Waals surface area (Å²) in [7, 11) is 1.82. The second-order valence-corrected chi connectivity index (χ2v) is 5.75. The Kier molecular flexibility index (Phi) is 4.95. The molecule has 0 amide bonds. The number of aromatic nitrogens is 1. The lowest BCUT2D eigenvalue weighted by Gasteiger charge is -2.28. The Balaban J connectivity index is 1.68. The SMILES string of the molecule is COC1CCCC(NCCc2nc(C)cs2)C1. The number of nitrogens with zero attached hydrogens (tertiary/aromatic N) is 1. The average molecular weight is 254 g/mol. The van der Waals surface area contributed by atoms with E-state index in [4.69, 9.17) is 4.74 Å². The summed E-state index contributed by atoms with van der Waals surface area (Å²) in [5.41, 5.74) is 1.14. The first-order valence-electron chi connectivity index (χ1n) is 6.45. The van der Waals surface area contributed by atoms with Gasteiger partial charge >= 0.3 is 0 Å². The van der Waals surface area contributed by atoms with Crippen LogP contribution in [0.2, 0.25) is 0 Å². The molecular weight excluding hydrogens is 232 g/mol. The van der Waals surface area contributed by atoms with Gasteiger partial charge in [0.25, 0.3) is 0 Å². The molecule has 96 valence electrons. The van der Waals surface area contributed by atoms with Crippen molar-refractivity contribution in [3.8, 4) is 0 Å². The number of nitrogens with one attached hydrogen (secondary N) is 1. The molecule has 1 aliphatic carbocycles. The maximum Gasteiger partial charge on any atom is 0.0940 e. The summed E-state index contributed by atoms with van der Waals surface area (Å²) in [6, 6.07) is 0.634. The fourth-order valence-electron chi connectivity index (χ4n) is 2.45. The molecule has 2 atom stereocenters. The van der Waals surface area contributed by atoms with E-state index < -0.39 is 0 Å². The number of hydrogen-bond donors (Lipinski definition) is 1. The molecule has 2 rings (SSSR count). The molecule has 4 heteroatoms. The molecule has 1 aliphatic rings. The molecule has 1 aromatic heterocycles. The van der Waals surface area contributed by atoms with Crippen LogP contribution in [0, 0.1) is 6.92 Å². The number of thiazole rings is 1. The number of hydrogen-bond acceptors (Lipinski definition) is 4. The van der Waals surface area contributed by atoms with E-state index in [1.807, 2.05) is 7.11 Å². The lowest BCUT2D eigenvalue weighted by molar-refractivity contribution is 0.0590. The summed E-state index contributed by atoms with van der Waals surface area (Å²) in [6.45, 7) is 3.09. The van der Waals surface area contributed by atoms with Crippen LogP contribution in [0.4, 0.5) is 0 Å². The second-order valence-electron chi connectivity index (χ2n) is 4.81. The van der Waals surface area contributed by atoms with Crippen molar-refractivity contribution < 1.29 is 4.74 Å². The van der Waals surface area contributed by atoms with Gasteiger partial charge in [0.1, 0.15) is 0 Å². The summed E-state index contributed by atoms with van der Waals surface area (Å²) >= 11 is 1.77. The lowest BCUT2D eigenvalue weighted by atomic mass is 9.93. The van der Waals surface area contributed by atoms with Crippen LogP contribution in [0.25, 0.3) is 0 Å².